The Kier molecular flexibility index (Phi) is 3.43. The maximum absolute atomic E-state index is 12.4. The van der Waals surface area contributed by atoms with Crippen LogP contribution in [-0.2, 0) is 5.41 Å². The quantitative estimate of drug-likeness (QED) is 0.754. The van der Waals surface area contributed by atoms with Crippen molar-refractivity contribution in [2.75, 3.05) is 0 Å². The average molecular weight is 250 g/mol. The minimum atomic E-state index is -0.118. The van der Waals surface area contributed by atoms with E-state index in [0.717, 1.165) is 35.4 Å². The Morgan fingerprint density at radius 1 is 1.35 bits per heavy atom. The third-order valence-electron chi connectivity index (χ3n) is 2.99. The second-order valence-electron chi connectivity index (χ2n) is 5.50. The Balaban J connectivity index is 2.31. The van der Waals surface area contributed by atoms with E-state index in [9.17, 15) is 4.79 Å². The highest BCUT2D eigenvalue weighted by Gasteiger charge is 2.27. The Morgan fingerprint density at radius 3 is 2.71 bits per heavy atom. The first-order valence-electron chi connectivity index (χ1n) is 6.06. The van der Waals surface area contributed by atoms with E-state index >= 15 is 0 Å². The van der Waals surface area contributed by atoms with E-state index in [4.69, 9.17) is 0 Å². The maximum atomic E-state index is 12.4. The highest BCUT2D eigenvalue weighted by Crippen LogP contribution is 2.29. The van der Waals surface area contributed by atoms with E-state index in [1.165, 1.54) is 18.0 Å². The number of rotatable bonds is 2. The number of carbonyl (C=O) groups is 1. The van der Waals surface area contributed by atoms with E-state index in [1.807, 2.05) is 0 Å². The fourth-order valence-corrected chi connectivity index (χ4v) is 2.87. The molecule has 92 valence electrons. The van der Waals surface area contributed by atoms with Crippen molar-refractivity contribution in [3.05, 3.63) is 22.2 Å². The Labute approximate surface area is 106 Å². The van der Waals surface area contributed by atoms with Crippen molar-refractivity contribution >= 4 is 17.3 Å². The van der Waals surface area contributed by atoms with Crippen LogP contribution < -0.4 is 0 Å². The molecule has 4 heteroatoms. The molecule has 0 aliphatic heterocycles. The number of carbonyl (C=O) groups excluding carboxylic acids is 1. The largest absolute Gasteiger partial charge is 0.288 e. The predicted molar refractivity (Wildman–Crippen MR) is 69.5 cm³/mol. The van der Waals surface area contributed by atoms with Crippen LogP contribution in [0, 0.1) is 0 Å². The van der Waals surface area contributed by atoms with E-state index < -0.39 is 0 Å². The number of hydrogen-bond donors (Lipinski definition) is 0. The van der Waals surface area contributed by atoms with Crippen molar-refractivity contribution in [2.24, 2.45) is 0 Å². The van der Waals surface area contributed by atoms with Gasteiger partial charge in [-0.3, -0.25) is 4.79 Å². The van der Waals surface area contributed by atoms with Crippen molar-refractivity contribution in [3.8, 4) is 0 Å². The molecule has 0 atom stereocenters. The zero-order chi connectivity index (χ0) is 12.5. The lowest BCUT2D eigenvalue weighted by atomic mass is 9.88. The Morgan fingerprint density at radius 2 is 2.12 bits per heavy atom. The van der Waals surface area contributed by atoms with Gasteiger partial charge < -0.3 is 0 Å². The molecule has 0 unspecified atom stereocenters. The summed E-state index contributed by atoms with van der Waals surface area (Å²) in [5.74, 6) is 0.143. The summed E-state index contributed by atoms with van der Waals surface area (Å²) in [4.78, 5) is 13.1. The standard InChI is InChI=1S/C13H18N2OS/c1-13(2,3)12-11(17-15-14-12)10(16)9-7-5-4-6-8-9/h7H,4-6,8H2,1-3H3. The molecular formula is C13H18N2OS. The minimum absolute atomic E-state index is 0.118. The molecule has 0 aromatic carbocycles. The van der Waals surface area contributed by atoms with E-state index in [0.29, 0.717) is 0 Å². The summed E-state index contributed by atoms with van der Waals surface area (Å²) in [6, 6.07) is 0. The second kappa shape index (κ2) is 4.69. The third kappa shape index (κ3) is 2.63. The lowest BCUT2D eigenvalue weighted by Crippen LogP contribution is -2.17. The van der Waals surface area contributed by atoms with Gasteiger partial charge in [-0.2, -0.15) is 0 Å². The lowest BCUT2D eigenvalue weighted by Gasteiger charge is -2.17. The summed E-state index contributed by atoms with van der Waals surface area (Å²) >= 11 is 1.23. The van der Waals surface area contributed by atoms with E-state index in [-0.39, 0.29) is 11.2 Å². The molecule has 1 aliphatic carbocycles. The fraction of sp³-hybridized carbons (Fsp3) is 0.615. The molecule has 0 amide bonds. The third-order valence-corrected chi connectivity index (χ3v) is 3.71. The molecule has 1 aromatic heterocycles. The zero-order valence-corrected chi connectivity index (χ0v) is 11.4. The smallest absolute Gasteiger partial charge is 0.202 e. The van der Waals surface area contributed by atoms with Crippen molar-refractivity contribution in [3.63, 3.8) is 0 Å². The average Bonchev–Trinajstić information content (AvgIpc) is 2.78. The first-order valence-corrected chi connectivity index (χ1v) is 6.84. The monoisotopic (exact) mass is 250 g/mol. The van der Waals surface area contributed by atoms with Gasteiger partial charge in [-0.15, -0.1) is 5.10 Å². The van der Waals surface area contributed by atoms with Crippen LogP contribution in [-0.4, -0.2) is 15.4 Å². The summed E-state index contributed by atoms with van der Waals surface area (Å²) in [5.41, 5.74) is 1.67. The van der Waals surface area contributed by atoms with Crippen molar-refractivity contribution in [1.82, 2.24) is 9.59 Å². The first-order chi connectivity index (χ1) is 8.00. The topological polar surface area (TPSA) is 42.9 Å². The van der Waals surface area contributed by atoms with Crippen LogP contribution >= 0.6 is 11.5 Å². The number of aromatic nitrogens is 2. The molecule has 0 radical (unpaired) electrons. The van der Waals surface area contributed by atoms with Crippen LogP contribution in [0.25, 0.3) is 0 Å². The van der Waals surface area contributed by atoms with E-state index in [2.05, 4.69) is 36.4 Å². The maximum Gasteiger partial charge on any atom is 0.202 e. The van der Waals surface area contributed by atoms with Gasteiger partial charge in [0.15, 0.2) is 0 Å². The number of ketones is 1. The molecule has 3 nitrogen and oxygen atoms in total. The molecule has 1 aliphatic rings. The van der Waals surface area contributed by atoms with Crippen LogP contribution in [0.1, 0.15) is 61.8 Å². The number of allylic oxidation sites excluding steroid dienone is 2. The van der Waals surface area contributed by atoms with Crippen molar-refractivity contribution in [1.29, 1.82) is 0 Å². The normalized spacial score (nSPS) is 16.8. The van der Waals surface area contributed by atoms with Crippen molar-refractivity contribution in [2.45, 2.75) is 51.9 Å². The predicted octanol–water partition coefficient (Wildman–Crippen LogP) is 3.52. The molecule has 0 N–H and O–H groups in total. The molecule has 1 aromatic rings. The fourth-order valence-electron chi connectivity index (χ4n) is 2.02. The van der Waals surface area contributed by atoms with Gasteiger partial charge in [-0.25, -0.2) is 0 Å². The second-order valence-corrected chi connectivity index (χ2v) is 6.26. The SMILES string of the molecule is CC(C)(C)c1nnsc1C(=O)C1=CCCCC1. The molecule has 2 rings (SSSR count). The van der Waals surface area contributed by atoms with E-state index in [1.54, 1.807) is 0 Å². The molecule has 17 heavy (non-hydrogen) atoms. The Bertz CT molecular complexity index is 454. The number of nitrogens with zero attached hydrogens (tertiary/aromatic N) is 2. The molecule has 0 bridgehead atoms. The molecule has 0 spiro atoms. The molecular weight excluding hydrogens is 232 g/mol. The lowest BCUT2D eigenvalue weighted by molar-refractivity contribution is 0.103. The summed E-state index contributed by atoms with van der Waals surface area (Å²) in [6.45, 7) is 6.20. The van der Waals surface area contributed by atoms with Crippen LogP contribution in [0.15, 0.2) is 11.6 Å². The molecule has 0 saturated carbocycles. The van der Waals surface area contributed by atoms with Crippen LogP contribution in [0.5, 0.6) is 0 Å². The van der Waals surface area contributed by atoms with Crippen molar-refractivity contribution < 1.29 is 4.79 Å². The first kappa shape index (κ1) is 12.4. The summed E-state index contributed by atoms with van der Waals surface area (Å²) in [5, 5.41) is 4.12. The van der Waals surface area contributed by atoms with Crippen LogP contribution in [0.4, 0.5) is 0 Å². The summed E-state index contributed by atoms with van der Waals surface area (Å²) in [7, 11) is 0. The Hall–Kier alpha value is -1.03. The molecule has 0 saturated heterocycles. The van der Waals surface area contributed by atoms with Crippen LogP contribution in [0.3, 0.4) is 0 Å². The summed E-state index contributed by atoms with van der Waals surface area (Å²) in [6.07, 6.45) is 6.33. The number of hydrogen-bond acceptors (Lipinski definition) is 4. The highest BCUT2D eigenvalue weighted by molar-refractivity contribution is 7.08. The van der Waals surface area contributed by atoms with Gasteiger partial charge in [0, 0.05) is 5.41 Å². The van der Waals surface area contributed by atoms with Gasteiger partial charge in [0.05, 0.1) is 5.69 Å². The van der Waals surface area contributed by atoms with Gasteiger partial charge in [0.2, 0.25) is 5.78 Å². The van der Waals surface area contributed by atoms with Gasteiger partial charge in [0.1, 0.15) is 4.88 Å². The van der Waals surface area contributed by atoms with Gasteiger partial charge in [0.25, 0.3) is 0 Å². The van der Waals surface area contributed by atoms with Gasteiger partial charge in [-0.05, 0) is 42.8 Å². The zero-order valence-electron chi connectivity index (χ0n) is 10.6. The summed E-state index contributed by atoms with van der Waals surface area (Å²) < 4.78 is 3.95. The highest BCUT2D eigenvalue weighted by atomic mass is 32.1. The van der Waals surface area contributed by atoms with Crippen LogP contribution in [0.2, 0.25) is 0 Å². The van der Waals surface area contributed by atoms with Gasteiger partial charge in [-0.1, -0.05) is 31.3 Å². The van der Waals surface area contributed by atoms with Gasteiger partial charge >= 0.3 is 0 Å². The molecule has 1 heterocycles. The number of Topliss-reactive ketones (excluding diaryl/α,β-unsaturated/α-hetero) is 1. The molecule has 0 fully saturated rings. The minimum Gasteiger partial charge on any atom is -0.288 e.